The van der Waals surface area contributed by atoms with Crippen molar-refractivity contribution in [1.82, 2.24) is 9.80 Å². The number of aryl methyl sites for hydroxylation is 1. The maximum Gasteiger partial charge on any atom is 0.410 e. The number of fused-ring (bicyclic) bond motifs is 7. The van der Waals surface area contributed by atoms with E-state index >= 15 is 0 Å². The first-order valence-electron chi connectivity index (χ1n) is 21.0. The van der Waals surface area contributed by atoms with E-state index < -0.39 is 49.2 Å². The molecule has 4 aromatic rings. The number of piperazine rings is 1. The Hall–Kier alpha value is -3.88. The molecule has 4 aliphatic heterocycles. The lowest BCUT2D eigenvalue weighted by atomic mass is 9.78. The van der Waals surface area contributed by atoms with E-state index in [4.69, 9.17) is 72.4 Å². The minimum Gasteiger partial charge on any atom is -0.493 e. The van der Waals surface area contributed by atoms with Crippen molar-refractivity contribution in [2.45, 2.75) is 107 Å². The molecule has 11 nitrogen and oxygen atoms in total. The highest BCUT2D eigenvalue weighted by Crippen LogP contribution is 2.57. The predicted octanol–water partition coefficient (Wildman–Crippen LogP) is 10.8. The maximum absolute atomic E-state index is 14.7. The number of amides is 1. The van der Waals surface area contributed by atoms with Crippen LogP contribution in [0.1, 0.15) is 71.8 Å². The molecule has 8 rings (SSSR count). The number of benzene rings is 4. The van der Waals surface area contributed by atoms with Gasteiger partial charge >= 0.3 is 6.09 Å². The van der Waals surface area contributed by atoms with Crippen LogP contribution in [0.4, 0.5) is 4.79 Å². The first-order chi connectivity index (χ1) is 29.5. The van der Waals surface area contributed by atoms with Gasteiger partial charge in [-0.2, -0.15) is 0 Å². The third-order valence-electron chi connectivity index (χ3n) is 13.0. The average Bonchev–Trinajstić information content (AvgIpc) is 3.91. The van der Waals surface area contributed by atoms with Gasteiger partial charge in [0.15, 0.2) is 31.3 Å². The van der Waals surface area contributed by atoms with Gasteiger partial charge in [0.05, 0.1) is 44.5 Å². The fourth-order valence-electron chi connectivity index (χ4n) is 8.92. The molecule has 4 aromatic carbocycles. The van der Waals surface area contributed by atoms with Gasteiger partial charge in [-0.3, -0.25) is 9.80 Å². The third-order valence-corrected chi connectivity index (χ3v) is 17.8. The number of halogens is 3. The molecule has 0 aliphatic carbocycles. The molecule has 2 bridgehead atoms. The molecular formula is C47H55Cl3N2O9Si. The summed E-state index contributed by atoms with van der Waals surface area (Å²) >= 11 is 18.6. The highest BCUT2D eigenvalue weighted by atomic mass is 35.6. The Morgan fingerprint density at radius 2 is 1.53 bits per heavy atom. The van der Waals surface area contributed by atoms with Crippen molar-refractivity contribution in [3.63, 3.8) is 0 Å². The highest BCUT2D eigenvalue weighted by molar-refractivity contribution is 6.74. The Labute approximate surface area is 380 Å². The number of hydrogen-bond donors (Lipinski definition) is 0. The van der Waals surface area contributed by atoms with Gasteiger partial charge in [-0.25, -0.2) is 4.79 Å². The minimum absolute atomic E-state index is 0.0724. The standard InChI is InChI=1S/C47H55Cl3N2O9Si/c1-28-19-32-20-34-44-51(35(24-57-44)33-21-37(29(2)41-42(33)60-27-59-41)55-22-30-15-11-9-12-16-30)36(25-61-62(7,8)46(3,4)5)39(52(34)45(53)58-26-47(48,49)50)38(32)43(40(28)54-6)56-23-31-17-13-10-14-18-31/h9-19,21,34-36,39,44H,20,22-27H2,1-8H3/t34-,35-,36-,39-,44?/m0/s1. The average molecular weight is 926 g/mol. The topological polar surface area (TPSA) is 97.4 Å². The van der Waals surface area contributed by atoms with Crippen molar-refractivity contribution in [3.8, 4) is 28.7 Å². The summed E-state index contributed by atoms with van der Waals surface area (Å²) < 4.78 is 50.1. The Morgan fingerprint density at radius 1 is 0.887 bits per heavy atom. The Bertz CT molecular complexity index is 2270. The van der Waals surface area contributed by atoms with Crippen LogP contribution in [-0.4, -0.2) is 80.0 Å². The Morgan fingerprint density at radius 3 is 2.16 bits per heavy atom. The van der Waals surface area contributed by atoms with E-state index in [2.05, 4.69) is 50.9 Å². The van der Waals surface area contributed by atoms with E-state index in [9.17, 15) is 4.79 Å². The predicted molar refractivity (Wildman–Crippen MR) is 242 cm³/mol. The SMILES string of the molecule is COc1c(C)cc2c(c1OCc1ccccc1)[C@@H]1[C@H](CO[Si](C)(C)C(C)(C)C)N3C(OC[C@H]3c3cc(OCc4ccccc4)c(C)c4c3OCO4)[C@H](C2)N1C(=O)OCC(Cl)(Cl)Cl. The molecule has 2 saturated heterocycles. The normalized spacial score (nSPS) is 21.9. The van der Waals surface area contributed by atoms with Crippen LogP contribution >= 0.6 is 34.8 Å². The molecule has 0 N–H and O–H groups in total. The second-order valence-electron chi connectivity index (χ2n) is 17.9. The number of carbonyl (C=O) groups is 1. The van der Waals surface area contributed by atoms with Crippen molar-refractivity contribution in [2.75, 3.05) is 33.7 Å². The summed E-state index contributed by atoms with van der Waals surface area (Å²) in [7, 11) is -0.769. The molecule has 332 valence electrons. The zero-order chi connectivity index (χ0) is 44.1. The van der Waals surface area contributed by atoms with Crippen LogP contribution < -0.4 is 23.7 Å². The summed E-state index contributed by atoms with van der Waals surface area (Å²) in [5.74, 6) is 3.09. The molecule has 1 unspecified atom stereocenters. The van der Waals surface area contributed by atoms with Gasteiger partial charge in [-0.05, 0) is 66.7 Å². The van der Waals surface area contributed by atoms with E-state index in [1.807, 2.05) is 74.5 Å². The van der Waals surface area contributed by atoms with Gasteiger partial charge in [-0.15, -0.1) is 0 Å². The number of methoxy groups -OCH3 is 1. The summed E-state index contributed by atoms with van der Waals surface area (Å²) in [5, 5.41) is -0.115. The van der Waals surface area contributed by atoms with Gasteiger partial charge in [0.1, 0.15) is 31.8 Å². The lowest BCUT2D eigenvalue weighted by Crippen LogP contribution is -2.68. The van der Waals surface area contributed by atoms with E-state index in [1.165, 1.54) is 0 Å². The molecule has 0 aromatic heterocycles. The van der Waals surface area contributed by atoms with Crippen molar-refractivity contribution < 1.29 is 42.4 Å². The fourth-order valence-corrected chi connectivity index (χ4v) is 10.1. The summed E-state index contributed by atoms with van der Waals surface area (Å²) in [6.07, 6.45) is -0.817. The molecule has 62 heavy (non-hydrogen) atoms. The molecule has 0 spiro atoms. The molecule has 15 heteroatoms. The van der Waals surface area contributed by atoms with E-state index in [1.54, 1.807) is 12.0 Å². The molecule has 1 amide bonds. The van der Waals surface area contributed by atoms with Gasteiger partial charge in [0.25, 0.3) is 0 Å². The molecule has 4 aliphatic rings. The first kappa shape index (κ1) is 44.7. The van der Waals surface area contributed by atoms with Crippen LogP contribution in [0.3, 0.4) is 0 Å². The van der Waals surface area contributed by atoms with Crippen molar-refractivity contribution in [2.24, 2.45) is 0 Å². The Kier molecular flexibility index (Phi) is 12.7. The van der Waals surface area contributed by atoms with Crippen LogP contribution in [0.15, 0.2) is 72.8 Å². The number of rotatable bonds is 12. The number of carbonyl (C=O) groups excluding carboxylic acids is 1. The van der Waals surface area contributed by atoms with E-state index in [-0.39, 0.29) is 37.7 Å². The van der Waals surface area contributed by atoms with Crippen molar-refractivity contribution in [1.29, 1.82) is 0 Å². The molecule has 0 radical (unpaired) electrons. The minimum atomic E-state index is -2.41. The van der Waals surface area contributed by atoms with Gasteiger partial charge in [0.2, 0.25) is 10.6 Å². The van der Waals surface area contributed by atoms with E-state index in [0.717, 1.165) is 38.9 Å². The van der Waals surface area contributed by atoms with Crippen LogP contribution in [0.5, 0.6) is 28.7 Å². The molecule has 2 fully saturated rings. The number of hydrogen-bond acceptors (Lipinski definition) is 10. The quantitative estimate of drug-likeness (QED) is 0.101. The number of ether oxygens (including phenoxy) is 7. The van der Waals surface area contributed by atoms with Crippen molar-refractivity contribution >= 4 is 49.2 Å². The van der Waals surface area contributed by atoms with Crippen molar-refractivity contribution in [3.05, 3.63) is 112 Å². The third kappa shape index (κ3) is 8.68. The summed E-state index contributed by atoms with van der Waals surface area (Å²) in [4.78, 5) is 18.9. The zero-order valence-electron chi connectivity index (χ0n) is 36.5. The molecule has 0 saturated carbocycles. The lowest BCUT2D eigenvalue weighted by molar-refractivity contribution is -0.136. The number of alkyl halides is 3. The smallest absolute Gasteiger partial charge is 0.410 e. The molecular weight excluding hydrogens is 871 g/mol. The van der Waals surface area contributed by atoms with Gasteiger partial charge < -0.3 is 37.6 Å². The molecule has 5 atom stereocenters. The largest absolute Gasteiger partial charge is 0.493 e. The van der Waals surface area contributed by atoms with Crippen LogP contribution in [0, 0.1) is 13.8 Å². The van der Waals surface area contributed by atoms with Gasteiger partial charge in [-0.1, -0.05) is 122 Å². The van der Waals surface area contributed by atoms with E-state index in [0.29, 0.717) is 41.8 Å². The monoisotopic (exact) mass is 924 g/mol. The second kappa shape index (κ2) is 17.6. The number of nitrogens with zero attached hydrogens (tertiary/aromatic N) is 2. The van der Waals surface area contributed by atoms with Crippen LogP contribution in [-0.2, 0) is 33.5 Å². The summed E-state index contributed by atoms with van der Waals surface area (Å²) in [6, 6.07) is 22.1. The van der Waals surface area contributed by atoms with Crippen LogP contribution in [0.25, 0.3) is 0 Å². The Balaban J connectivity index is 1.30. The van der Waals surface area contributed by atoms with Gasteiger partial charge in [0, 0.05) is 16.7 Å². The fraction of sp³-hybridized carbons (Fsp3) is 0.468. The second-order valence-corrected chi connectivity index (χ2v) is 25.3. The summed E-state index contributed by atoms with van der Waals surface area (Å²) in [6.45, 7) is 15.9. The summed E-state index contributed by atoms with van der Waals surface area (Å²) in [5.41, 5.74) is 6.45. The molecule has 4 heterocycles. The first-order valence-corrected chi connectivity index (χ1v) is 25.0. The van der Waals surface area contributed by atoms with Crippen LogP contribution in [0.2, 0.25) is 18.1 Å². The lowest BCUT2D eigenvalue weighted by Gasteiger charge is -2.57. The maximum atomic E-state index is 14.7. The highest BCUT2D eigenvalue weighted by Gasteiger charge is 2.60. The zero-order valence-corrected chi connectivity index (χ0v) is 39.7.